The molecule has 2 aromatic carbocycles. The van der Waals surface area contributed by atoms with Crippen molar-refractivity contribution < 1.29 is 14.2 Å². The van der Waals surface area contributed by atoms with E-state index in [9.17, 15) is 9.59 Å². The zero-order chi connectivity index (χ0) is 34.4. The van der Waals surface area contributed by atoms with E-state index >= 15 is 0 Å². The van der Waals surface area contributed by atoms with E-state index in [-0.39, 0.29) is 11.8 Å². The summed E-state index contributed by atoms with van der Waals surface area (Å²) in [5, 5.41) is 29.6. The topological polar surface area (TPSA) is 148 Å². The molecule has 0 aliphatic carbocycles. The smallest absolute Gasteiger partial charge is 0.220 e. The second kappa shape index (κ2) is 21.9. The number of rotatable bonds is 21. The number of benzene rings is 2. The summed E-state index contributed by atoms with van der Waals surface area (Å²) in [5.74, 6) is 1.51. The van der Waals surface area contributed by atoms with Crippen LogP contribution in [0.5, 0.6) is 0 Å². The number of hydrogen-bond acceptors (Lipinski definition) is 11. The second-order valence-electron chi connectivity index (χ2n) is 10.8. The average molecular weight is 700 g/mol. The summed E-state index contributed by atoms with van der Waals surface area (Å²) in [7, 11) is 5.21. The van der Waals surface area contributed by atoms with E-state index in [1.165, 1.54) is 0 Å². The normalized spacial score (nSPS) is 11.1. The van der Waals surface area contributed by atoms with Crippen LogP contribution in [0.2, 0.25) is 0 Å². The molecule has 0 unspecified atom stereocenters. The van der Waals surface area contributed by atoms with E-state index in [4.69, 9.17) is 0 Å². The Hall–Kier alpha value is -4.82. The van der Waals surface area contributed by atoms with E-state index in [2.05, 4.69) is 46.7 Å². The summed E-state index contributed by atoms with van der Waals surface area (Å²) in [6.07, 6.45) is 9.78. The summed E-state index contributed by atoms with van der Waals surface area (Å²) in [4.78, 5) is 28.2. The number of nitrogens with one attached hydrogen (secondary N) is 4. The largest absolute Gasteiger partial charge is 0.385 e. The van der Waals surface area contributed by atoms with Crippen molar-refractivity contribution in [2.45, 2.75) is 25.7 Å². The Morgan fingerprint density at radius 1 is 0.592 bits per heavy atom. The minimum atomic E-state index is 0.0438. The third-order valence-electron chi connectivity index (χ3n) is 6.84. The zero-order valence-electron chi connectivity index (χ0n) is 27.6. The van der Waals surface area contributed by atoms with Gasteiger partial charge >= 0.3 is 0 Å². The van der Waals surface area contributed by atoms with Crippen LogP contribution in [-0.2, 0) is 16.6 Å². The van der Waals surface area contributed by atoms with Crippen molar-refractivity contribution in [1.29, 1.82) is 0 Å². The maximum atomic E-state index is 12.1. The van der Waals surface area contributed by atoms with Gasteiger partial charge in [-0.25, -0.2) is 4.57 Å². The molecule has 0 saturated carbocycles. The third-order valence-corrected chi connectivity index (χ3v) is 9.25. The van der Waals surface area contributed by atoms with Crippen LogP contribution < -0.4 is 25.8 Å². The minimum absolute atomic E-state index is 0.0438. The molecule has 2 aromatic heterocycles. The molecule has 0 fully saturated rings. The predicted octanol–water partition coefficient (Wildman–Crippen LogP) is 7.44. The fraction of sp³-hybridized carbons (Fsp3) is 0.314. The summed E-state index contributed by atoms with van der Waals surface area (Å²) in [6, 6.07) is 22.9. The Balaban J connectivity index is 0.929. The fourth-order valence-corrected chi connectivity index (χ4v) is 6.13. The van der Waals surface area contributed by atoms with Crippen molar-refractivity contribution in [3.05, 3.63) is 97.6 Å². The van der Waals surface area contributed by atoms with Crippen LogP contribution in [0.1, 0.15) is 25.7 Å². The van der Waals surface area contributed by atoms with Crippen molar-refractivity contribution in [3.8, 4) is 0 Å². The molecule has 0 radical (unpaired) electrons. The maximum absolute atomic E-state index is 12.1. The third kappa shape index (κ3) is 15.8. The molecular weight excluding hydrogens is 657 g/mol. The van der Waals surface area contributed by atoms with Crippen molar-refractivity contribution in [2.24, 2.45) is 27.5 Å². The van der Waals surface area contributed by atoms with Crippen LogP contribution in [0.25, 0.3) is 0 Å². The molecule has 0 atom stereocenters. The van der Waals surface area contributed by atoms with Gasteiger partial charge in [0.15, 0.2) is 12.4 Å². The van der Waals surface area contributed by atoms with E-state index in [1.54, 1.807) is 46.1 Å². The number of aromatic nitrogens is 2. The van der Waals surface area contributed by atoms with Gasteiger partial charge in [-0.05, 0) is 73.5 Å². The molecule has 0 bridgehead atoms. The number of nitrogens with zero attached hydrogens (tertiary/aromatic N) is 6. The molecule has 4 N–H and O–H groups in total. The molecule has 2 amide bonds. The van der Waals surface area contributed by atoms with E-state index in [0.717, 1.165) is 60.1 Å². The molecule has 12 nitrogen and oxygen atoms in total. The first-order valence-electron chi connectivity index (χ1n) is 16.2. The lowest BCUT2D eigenvalue weighted by Gasteiger charge is -2.08. The Morgan fingerprint density at radius 3 is 1.45 bits per heavy atom. The maximum Gasteiger partial charge on any atom is 0.220 e. The van der Waals surface area contributed by atoms with Gasteiger partial charge < -0.3 is 21.3 Å². The number of carbonyl (C=O) groups is 2. The molecule has 4 aromatic rings. The highest BCUT2D eigenvalue weighted by Gasteiger charge is 2.04. The van der Waals surface area contributed by atoms with Gasteiger partial charge in [0.2, 0.25) is 11.8 Å². The summed E-state index contributed by atoms with van der Waals surface area (Å²) < 4.78 is 1.95. The van der Waals surface area contributed by atoms with Gasteiger partial charge in [0.1, 0.15) is 7.05 Å². The molecule has 0 aliphatic rings. The van der Waals surface area contributed by atoms with Gasteiger partial charge in [0.25, 0.3) is 0 Å². The van der Waals surface area contributed by atoms with Crippen LogP contribution in [0.3, 0.4) is 0 Å². The number of anilines is 2. The fourth-order valence-electron chi connectivity index (χ4n) is 4.15. The van der Waals surface area contributed by atoms with E-state index < -0.39 is 0 Å². The Morgan fingerprint density at radius 2 is 1.00 bits per heavy atom. The minimum Gasteiger partial charge on any atom is -0.385 e. The zero-order valence-corrected chi connectivity index (χ0v) is 29.3. The number of amides is 2. The lowest BCUT2D eigenvalue weighted by molar-refractivity contribution is -0.671. The Kier molecular flexibility index (Phi) is 16.6. The van der Waals surface area contributed by atoms with Gasteiger partial charge in [-0.3, -0.25) is 14.6 Å². The lowest BCUT2D eigenvalue weighted by atomic mass is 10.3. The van der Waals surface area contributed by atoms with Crippen LogP contribution in [-0.4, -0.2) is 54.5 Å². The van der Waals surface area contributed by atoms with Gasteiger partial charge in [-0.2, -0.15) is 20.5 Å². The summed E-state index contributed by atoms with van der Waals surface area (Å²) >= 11 is 0. The highest BCUT2D eigenvalue weighted by atomic mass is 33.1. The summed E-state index contributed by atoms with van der Waals surface area (Å²) in [5.41, 5.74) is 5.10. The van der Waals surface area contributed by atoms with Crippen molar-refractivity contribution >= 4 is 67.5 Å². The summed E-state index contributed by atoms with van der Waals surface area (Å²) in [6.45, 7) is 2.73. The van der Waals surface area contributed by atoms with Gasteiger partial charge in [-0.1, -0.05) is 21.6 Å². The van der Waals surface area contributed by atoms with Crippen molar-refractivity contribution in [2.75, 3.05) is 48.3 Å². The SMILES string of the molecule is C[n+]1ccc(/N=N/c2ccc(NCCCNC(=O)CCSSCCC(=O)NCCCNc3ccc(/N=N/c4ccncc4)cc3)cc2)cc1. The second-order valence-corrected chi connectivity index (χ2v) is 13.5. The Labute approximate surface area is 295 Å². The quantitative estimate of drug-likeness (QED) is 0.0306. The molecule has 0 saturated heterocycles. The van der Waals surface area contributed by atoms with E-state index in [1.807, 2.05) is 84.7 Å². The molecule has 256 valence electrons. The van der Waals surface area contributed by atoms with Crippen LogP contribution in [0.15, 0.2) is 118 Å². The molecule has 14 heteroatoms. The number of hydrogen-bond donors (Lipinski definition) is 4. The monoisotopic (exact) mass is 699 g/mol. The van der Waals surface area contributed by atoms with Crippen molar-refractivity contribution in [1.82, 2.24) is 15.6 Å². The lowest BCUT2D eigenvalue weighted by Crippen LogP contribution is -2.26. The predicted molar refractivity (Wildman–Crippen MR) is 199 cm³/mol. The van der Waals surface area contributed by atoms with Crippen LogP contribution in [0.4, 0.5) is 34.1 Å². The number of carbonyl (C=O) groups excluding carboxylic acids is 2. The van der Waals surface area contributed by atoms with Gasteiger partial charge in [-0.15, -0.1) is 0 Å². The van der Waals surface area contributed by atoms with Crippen molar-refractivity contribution in [3.63, 3.8) is 0 Å². The van der Waals surface area contributed by atoms with E-state index in [0.29, 0.717) is 37.4 Å². The molecule has 4 rings (SSSR count). The number of aryl methyl sites for hydroxylation is 1. The van der Waals surface area contributed by atoms with Crippen LogP contribution >= 0.6 is 21.6 Å². The highest BCUT2D eigenvalue weighted by molar-refractivity contribution is 8.76. The number of pyridine rings is 2. The number of azo groups is 2. The highest BCUT2D eigenvalue weighted by Crippen LogP contribution is 2.23. The Bertz CT molecular complexity index is 1600. The first-order chi connectivity index (χ1) is 24.0. The first-order valence-corrected chi connectivity index (χ1v) is 18.7. The average Bonchev–Trinajstić information content (AvgIpc) is 3.13. The van der Waals surface area contributed by atoms with Gasteiger partial charge in [0, 0.05) is 86.4 Å². The molecule has 0 aliphatic heterocycles. The van der Waals surface area contributed by atoms with Gasteiger partial charge in [0.05, 0.1) is 22.7 Å². The standard InChI is InChI=1S/C35H42N10O2S2/c1-45-24-14-33(15-25-45)44-42-31-10-6-29(7-11-31)38-19-3-21-40-35(47)17-27-49-48-26-16-34(46)39-20-2-18-37-28-4-8-30(9-5-28)41-43-32-12-22-36-23-13-32/h4-15,22-25H,2-3,16-21,26-27H2,1H3,(H3,36,37,39,40,43,46,47)/p+1. The molecule has 2 heterocycles. The molecule has 0 spiro atoms. The molecule has 49 heavy (non-hydrogen) atoms. The van der Waals surface area contributed by atoms with Crippen LogP contribution in [0, 0.1) is 0 Å². The first kappa shape index (κ1) is 37.0. The molecular formula is C35H43N10O2S2+.